The van der Waals surface area contributed by atoms with Gasteiger partial charge in [-0.2, -0.15) is 0 Å². The van der Waals surface area contributed by atoms with Gasteiger partial charge in [-0.25, -0.2) is 0 Å². The van der Waals surface area contributed by atoms with Crippen LogP contribution in [0.15, 0.2) is 0 Å². The zero-order valence-corrected chi connectivity index (χ0v) is 11.1. The molecule has 0 radical (unpaired) electrons. The van der Waals surface area contributed by atoms with Crippen molar-refractivity contribution >= 4 is 15.9 Å². The first-order valence-corrected chi connectivity index (χ1v) is 7.27. The molecule has 1 saturated carbocycles. The molecule has 1 aliphatic carbocycles. The summed E-state index contributed by atoms with van der Waals surface area (Å²) in [5.41, 5.74) is 0. The molecule has 2 heteroatoms. The van der Waals surface area contributed by atoms with Crippen LogP contribution < -0.4 is 0 Å². The van der Waals surface area contributed by atoms with Gasteiger partial charge in [0.15, 0.2) is 0 Å². The Balaban J connectivity index is 2.21. The minimum atomic E-state index is 0.995. The van der Waals surface area contributed by atoms with Gasteiger partial charge in [-0.15, -0.1) is 0 Å². The van der Waals surface area contributed by atoms with E-state index in [1.165, 1.54) is 58.2 Å². The van der Waals surface area contributed by atoms with Crippen LogP contribution >= 0.6 is 15.9 Å². The van der Waals surface area contributed by atoms with Gasteiger partial charge < -0.3 is 4.90 Å². The van der Waals surface area contributed by atoms with Crippen molar-refractivity contribution < 1.29 is 0 Å². The molecule has 1 rings (SSSR count). The van der Waals surface area contributed by atoms with E-state index in [1.807, 2.05) is 0 Å². The average Bonchev–Trinajstić information content (AvgIpc) is 2.20. The van der Waals surface area contributed by atoms with Crippen LogP contribution in [0.1, 0.15) is 45.4 Å². The molecule has 1 nitrogen and oxygen atoms in total. The Hall–Kier alpha value is 0.440. The molecule has 0 bridgehead atoms. The number of hydrogen-bond donors (Lipinski definition) is 0. The van der Waals surface area contributed by atoms with Crippen molar-refractivity contribution in [2.24, 2.45) is 5.92 Å². The molecule has 0 aliphatic heterocycles. The van der Waals surface area contributed by atoms with Crippen LogP contribution in [0.4, 0.5) is 0 Å². The van der Waals surface area contributed by atoms with Gasteiger partial charge >= 0.3 is 0 Å². The molecule has 0 atom stereocenters. The van der Waals surface area contributed by atoms with E-state index < -0.39 is 0 Å². The average molecular weight is 262 g/mol. The van der Waals surface area contributed by atoms with Gasteiger partial charge in [0.05, 0.1) is 0 Å². The predicted octanol–water partition coefficient (Wildman–Crippen LogP) is 3.67. The molecule has 0 aromatic rings. The van der Waals surface area contributed by atoms with Crippen molar-refractivity contribution in [1.29, 1.82) is 0 Å². The molecule has 14 heavy (non-hydrogen) atoms. The number of alkyl halides is 1. The maximum absolute atomic E-state index is 3.54. The van der Waals surface area contributed by atoms with Gasteiger partial charge in [-0.3, -0.25) is 0 Å². The van der Waals surface area contributed by atoms with Crippen LogP contribution in [0.5, 0.6) is 0 Å². The molecule has 0 saturated heterocycles. The second-order valence-electron chi connectivity index (χ2n) is 4.49. The zero-order valence-electron chi connectivity index (χ0n) is 9.47. The van der Waals surface area contributed by atoms with Crippen molar-refractivity contribution in [2.75, 3.05) is 25.0 Å². The molecule has 0 spiro atoms. The van der Waals surface area contributed by atoms with E-state index in [2.05, 4.69) is 27.8 Å². The van der Waals surface area contributed by atoms with E-state index in [-0.39, 0.29) is 0 Å². The van der Waals surface area contributed by atoms with Gasteiger partial charge in [-0.1, -0.05) is 42.1 Å². The van der Waals surface area contributed by atoms with Crippen molar-refractivity contribution in [1.82, 2.24) is 4.90 Å². The first kappa shape index (κ1) is 12.5. The van der Waals surface area contributed by atoms with E-state index in [0.29, 0.717) is 0 Å². The largest absolute Gasteiger partial charge is 0.302 e. The molecule has 1 fully saturated rings. The lowest BCUT2D eigenvalue weighted by atomic mass is 9.89. The van der Waals surface area contributed by atoms with Crippen LogP contribution in [0.2, 0.25) is 0 Å². The number of halogens is 1. The summed E-state index contributed by atoms with van der Waals surface area (Å²) in [7, 11) is 0. The zero-order chi connectivity index (χ0) is 10.2. The Morgan fingerprint density at radius 3 is 2.43 bits per heavy atom. The summed E-state index contributed by atoms with van der Waals surface area (Å²) in [6.07, 6.45) is 8.66. The van der Waals surface area contributed by atoms with Gasteiger partial charge in [0.25, 0.3) is 0 Å². The van der Waals surface area contributed by atoms with E-state index in [4.69, 9.17) is 0 Å². The highest BCUT2D eigenvalue weighted by Gasteiger charge is 2.16. The van der Waals surface area contributed by atoms with E-state index in [1.54, 1.807) is 0 Å². The summed E-state index contributed by atoms with van der Waals surface area (Å²) < 4.78 is 0. The monoisotopic (exact) mass is 261 g/mol. The van der Waals surface area contributed by atoms with E-state index >= 15 is 0 Å². The Morgan fingerprint density at radius 1 is 1.14 bits per heavy atom. The van der Waals surface area contributed by atoms with E-state index in [9.17, 15) is 0 Å². The summed E-state index contributed by atoms with van der Waals surface area (Å²) >= 11 is 3.54. The van der Waals surface area contributed by atoms with Crippen LogP contribution in [0.3, 0.4) is 0 Å². The Morgan fingerprint density at radius 2 is 1.86 bits per heavy atom. The molecule has 0 amide bonds. The van der Waals surface area contributed by atoms with E-state index in [0.717, 1.165) is 11.2 Å². The van der Waals surface area contributed by atoms with Crippen molar-refractivity contribution in [2.45, 2.75) is 45.4 Å². The topological polar surface area (TPSA) is 3.24 Å². The molecule has 0 aromatic carbocycles. The van der Waals surface area contributed by atoms with Crippen molar-refractivity contribution in [3.63, 3.8) is 0 Å². The summed E-state index contributed by atoms with van der Waals surface area (Å²) in [5, 5.41) is 1.12. The second kappa shape index (κ2) is 7.70. The minimum Gasteiger partial charge on any atom is -0.302 e. The lowest BCUT2D eigenvalue weighted by Crippen LogP contribution is -2.32. The molecular weight excluding hydrogens is 238 g/mol. The van der Waals surface area contributed by atoms with Gasteiger partial charge in [0, 0.05) is 18.4 Å². The van der Waals surface area contributed by atoms with Crippen molar-refractivity contribution in [3.8, 4) is 0 Å². The summed E-state index contributed by atoms with van der Waals surface area (Å²) in [5.74, 6) is 0.995. The standard InChI is InChI=1S/C12H24BrN/c1-2-9-14(10-8-13)11-12-6-4-3-5-7-12/h12H,2-11H2,1H3. The Labute approximate surface area is 97.4 Å². The fourth-order valence-electron chi connectivity index (χ4n) is 2.46. The fourth-order valence-corrected chi connectivity index (χ4v) is 2.97. The highest BCUT2D eigenvalue weighted by Crippen LogP contribution is 2.24. The number of rotatable bonds is 6. The lowest BCUT2D eigenvalue weighted by molar-refractivity contribution is 0.210. The second-order valence-corrected chi connectivity index (χ2v) is 5.29. The molecule has 84 valence electrons. The highest BCUT2D eigenvalue weighted by atomic mass is 79.9. The molecule has 0 aromatic heterocycles. The molecular formula is C12H24BrN. The van der Waals surface area contributed by atoms with Crippen LogP contribution in [0.25, 0.3) is 0 Å². The summed E-state index contributed by atoms with van der Waals surface area (Å²) in [6, 6.07) is 0. The predicted molar refractivity (Wildman–Crippen MR) is 67.1 cm³/mol. The third-order valence-electron chi connectivity index (χ3n) is 3.18. The molecule has 0 heterocycles. The third kappa shape index (κ3) is 4.79. The third-order valence-corrected chi connectivity index (χ3v) is 3.54. The Bertz CT molecular complexity index is 126. The van der Waals surface area contributed by atoms with Crippen LogP contribution in [0, 0.1) is 5.92 Å². The first-order chi connectivity index (χ1) is 6.86. The van der Waals surface area contributed by atoms with Crippen LogP contribution in [-0.2, 0) is 0 Å². The molecule has 0 N–H and O–H groups in total. The normalized spacial score (nSPS) is 19.1. The number of hydrogen-bond acceptors (Lipinski definition) is 1. The SMILES string of the molecule is CCCN(CCBr)CC1CCCCC1. The first-order valence-electron chi connectivity index (χ1n) is 6.15. The molecule has 0 unspecified atom stereocenters. The summed E-state index contributed by atoms with van der Waals surface area (Å²) in [6.45, 7) is 6.13. The minimum absolute atomic E-state index is 0.995. The fraction of sp³-hybridized carbons (Fsp3) is 1.00. The maximum atomic E-state index is 3.54. The quantitative estimate of drug-likeness (QED) is 0.660. The van der Waals surface area contributed by atoms with Gasteiger partial charge in [0.2, 0.25) is 0 Å². The lowest BCUT2D eigenvalue weighted by Gasteiger charge is -2.29. The van der Waals surface area contributed by atoms with Crippen LogP contribution in [-0.4, -0.2) is 29.9 Å². The number of nitrogens with zero attached hydrogens (tertiary/aromatic N) is 1. The Kier molecular flexibility index (Phi) is 6.88. The maximum Gasteiger partial charge on any atom is 0.0159 e. The van der Waals surface area contributed by atoms with Gasteiger partial charge in [-0.05, 0) is 31.7 Å². The highest BCUT2D eigenvalue weighted by molar-refractivity contribution is 9.09. The van der Waals surface area contributed by atoms with Crippen molar-refractivity contribution in [3.05, 3.63) is 0 Å². The molecule has 1 aliphatic rings. The van der Waals surface area contributed by atoms with Gasteiger partial charge in [0.1, 0.15) is 0 Å². The smallest absolute Gasteiger partial charge is 0.0159 e. The summed E-state index contributed by atoms with van der Waals surface area (Å²) in [4.78, 5) is 2.63.